The van der Waals surface area contributed by atoms with E-state index in [-0.39, 0.29) is 12.1 Å². The first-order chi connectivity index (χ1) is 10.5. The minimum absolute atomic E-state index is 0.144. The molecule has 2 unspecified atom stereocenters. The molecule has 1 saturated heterocycles. The smallest absolute Gasteiger partial charge is 0.317 e. The zero-order valence-electron chi connectivity index (χ0n) is 13.6. The molecule has 0 aromatic heterocycles. The predicted molar refractivity (Wildman–Crippen MR) is 86.1 cm³/mol. The Morgan fingerprint density at radius 1 is 1.32 bits per heavy atom. The lowest BCUT2D eigenvalue weighted by atomic mass is 10.0. The Morgan fingerprint density at radius 2 is 2.05 bits per heavy atom. The van der Waals surface area contributed by atoms with Crippen molar-refractivity contribution in [3.63, 3.8) is 0 Å². The summed E-state index contributed by atoms with van der Waals surface area (Å²) in [7, 11) is 0. The largest absolute Gasteiger partial charge is 0.471 e. The van der Waals surface area contributed by atoms with Crippen molar-refractivity contribution in [2.75, 3.05) is 13.2 Å². The average Bonchev–Trinajstić information content (AvgIpc) is 2.99. The summed E-state index contributed by atoms with van der Waals surface area (Å²) in [6.07, 6.45) is 1.83. The highest BCUT2D eigenvalue weighted by atomic mass is 16.5. The van der Waals surface area contributed by atoms with Crippen molar-refractivity contribution in [3.8, 4) is 5.75 Å². The van der Waals surface area contributed by atoms with Gasteiger partial charge in [0.15, 0.2) is 6.23 Å². The Hall–Kier alpha value is -1.75. The molecule has 2 amide bonds. The van der Waals surface area contributed by atoms with Gasteiger partial charge in [-0.15, -0.1) is 0 Å². The molecule has 22 heavy (non-hydrogen) atoms. The van der Waals surface area contributed by atoms with Crippen LogP contribution in [0.3, 0.4) is 0 Å². The number of ether oxygens (including phenoxy) is 2. The number of carbonyl (C=O) groups is 1. The van der Waals surface area contributed by atoms with E-state index in [2.05, 4.69) is 24.5 Å². The second kappa shape index (κ2) is 8.03. The van der Waals surface area contributed by atoms with Crippen LogP contribution in [0.2, 0.25) is 0 Å². The molecule has 5 nitrogen and oxygen atoms in total. The van der Waals surface area contributed by atoms with Gasteiger partial charge in [-0.05, 0) is 43.4 Å². The van der Waals surface area contributed by atoms with Crippen molar-refractivity contribution < 1.29 is 14.3 Å². The summed E-state index contributed by atoms with van der Waals surface area (Å²) >= 11 is 0. The van der Waals surface area contributed by atoms with E-state index in [9.17, 15) is 4.79 Å². The lowest BCUT2D eigenvalue weighted by Gasteiger charge is -2.18. The van der Waals surface area contributed by atoms with Gasteiger partial charge in [-0.3, -0.25) is 0 Å². The molecule has 1 heterocycles. The van der Waals surface area contributed by atoms with Crippen LogP contribution in [-0.4, -0.2) is 31.5 Å². The van der Waals surface area contributed by atoms with Gasteiger partial charge < -0.3 is 20.1 Å². The molecular weight excluding hydrogens is 280 g/mol. The maximum Gasteiger partial charge on any atom is 0.317 e. The van der Waals surface area contributed by atoms with E-state index in [1.165, 1.54) is 5.56 Å². The molecule has 0 radical (unpaired) electrons. The molecule has 0 saturated carbocycles. The van der Waals surface area contributed by atoms with Crippen molar-refractivity contribution in [2.45, 2.75) is 51.9 Å². The molecule has 0 bridgehead atoms. The summed E-state index contributed by atoms with van der Waals surface area (Å²) in [5.41, 5.74) is 1.27. The third kappa shape index (κ3) is 5.22. The van der Waals surface area contributed by atoms with Crippen LogP contribution >= 0.6 is 0 Å². The second-order valence-electron chi connectivity index (χ2n) is 5.97. The highest BCUT2D eigenvalue weighted by Gasteiger charge is 2.16. The maximum atomic E-state index is 11.8. The SMILES string of the molecule is CC(NC(=O)NCC1CCCO1)Oc1ccc(C(C)C)cc1. The number of hydrogen-bond acceptors (Lipinski definition) is 3. The first-order valence-electron chi connectivity index (χ1n) is 7.97. The number of rotatable bonds is 6. The molecular formula is C17H26N2O3. The second-order valence-corrected chi connectivity index (χ2v) is 5.97. The zero-order valence-corrected chi connectivity index (χ0v) is 13.6. The summed E-state index contributed by atoms with van der Waals surface area (Å²) in [6, 6.07) is 7.71. The van der Waals surface area contributed by atoms with E-state index in [1.54, 1.807) is 0 Å². The van der Waals surface area contributed by atoms with Gasteiger partial charge in [0.05, 0.1) is 6.10 Å². The number of urea groups is 1. The van der Waals surface area contributed by atoms with E-state index in [1.807, 2.05) is 31.2 Å². The quantitative estimate of drug-likeness (QED) is 0.794. The fourth-order valence-electron chi connectivity index (χ4n) is 2.41. The molecule has 0 aliphatic carbocycles. The van der Waals surface area contributed by atoms with Gasteiger partial charge >= 0.3 is 6.03 Å². The summed E-state index contributed by atoms with van der Waals surface area (Å²) in [5, 5.41) is 5.57. The molecule has 1 fully saturated rings. The van der Waals surface area contributed by atoms with Crippen LogP contribution in [0.25, 0.3) is 0 Å². The third-order valence-electron chi connectivity index (χ3n) is 3.71. The normalized spacial score (nSPS) is 19.0. The lowest BCUT2D eigenvalue weighted by molar-refractivity contribution is 0.110. The molecule has 2 rings (SSSR count). The fraction of sp³-hybridized carbons (Fsp3) is 0.588. The standard InChI is InChI=1S/C17H26N2O3/c1-12(2)14-6-8-15(9-7-14)22-13(3)19-17(20)18-11-16-5-4-10-21-16/h6-9,12-13,16H,4-5,10-11H2,1-3H3,(H2,18,19,20). The number of benzene rings is 1. The highest BCUT2D eigenvalue weighted by Crippen LogP contribution is 2.19. The van der Waals surface area contributed by atoms with Crippen molar-refractivity contribution in [1.29, 1.82) is 0 Å². The van der Waals surface area contributed by atoms with Crippen molar-refractivity contribution in [3.05, 3.63) is 29.8 Å². The molecule has 1 aromatic carbocycles. The maximum absolute atomic E-state index is 11.8. The summed E-state index contributed by atoms with van der Waals surface area (Å²) in [4.78, 5) is 11.8. The van der Waals surface area contributed by atoms with Gasteiger partial charge in [-0.25, -0.2) is 4.79 Å². The van der Waals surface area contributed by atoms with Crippen molar-refractivity contribution in [1.82, 2.24) is 10.6 Å². The summed E-state index contributed by atoms with van der Waals surface area (Å²) in [5.74, 6) is 1.24. The monoisotopic (exact) mass is 306 g/mol. The molecule has 2 atom stereocenters. The minimum Gasteiger partial charge on any atom is -0.471 e. The van der Waals surface area contributed by atoms with Crippen LogP contribution in [0.5, 0.6) is 5.75 Å². The Balaban J connectivity index is 1.71. The van der Waals surface area contributed by atoms with Crippen LogP contribution in [0.15, 0.2) is 24.3 Å². The molecule has 2 N–H and O–H groups in total. The first kappa shape index (κ1) is 16.6. The number of nitrogens with one attached hydrogen (secondary N) is 2. The van der Waals surface area contributed by atoms with Gasteiger partial charge in [0.1, 0.15) is 5.75 Å². The zero-order chi connectivity index (χ0) is 15.9. The van der Waals surface area contributed by atoms with Gasteiger partial charge in [-0.2, -0.15) is 0 Å². The Bertz CT molecular complexity index is 467. The lowest BCUT2D eigenvalue weighted by Crippen LogP contribution is -2.45. The predicted octanol–water partition coefficient (Wildman–Crippen LogP) is 3.01. The van der Waals surface area contributed by atoms with Crippen LogP contribution in [-0.2, 0) is 4.74 Å². The highest BCUT2D eigenvalue weighted by molar-refractivity contribution is 5.74. The minimum atomic E-state index is -0.394. The van der Waals surface area contributed by atoms with Gasteiger partial charge in [0.2, 0.25) is 0 Å². The summed E-state index contributed by atoms with van der Waals surface area (Å²) < 4.78 is 11.1. The first-order valence-corrected chi connectivity index (χ1v) is 7.97. The number of carbonyl (C=O) groups excluding carboxylic acids is 1. The van der Waals surface area contributed by atoms with E-state index in [0.717, 1.165) is 25.2 Å². The van der Waals surface area contributed by atoms with E-state index >= 15 is 0 Å². The average molecular weight is 306 g/mol. The molecule has 5 heteroatoms. The van der Waals surface area contributed by atoms with E-state index in [0.29, 0.717) is 12.5 Å². The Labute approximate surface area is 132 Å². The molecule has 1 aliphatic rings. The molecule has 122 valence electrons. The van der Waals surface area contributed by atoms with Crippen LogP contribution in [0.1, 0.15) is 45.1 Å². The van der Waals surface area contributed by atoms with Gasteiger partial charge in [-0.1, -0.05) is 26.0 Å². The molecule has 0 spiro atoms. The van der Waals surface area contributed by atoms with Crippen LogP contribution < -0.4 is 15.4 Å². The number of amides is 2. The third-order valence-corrected chi connectivity index (χ3v) is 3.71. The molecule has 1 aliphatic heterocycles. The van der Waals surface area contributed by atoms with E-state index in [4.69, 9.17) is 9.47 Å². The van der Waals surface area contributed by atoms with Crippen molar-refractivity contribution in [2.24, 2.45) is 0 Å². The van der Waals surface area contributed by atoms with E-state index < -0.39 is 6.23 Å². The van der Waals surface area contributed by atoms with Crippen LogP contribution in [0.4, 0.5) is 4.79 Å². The van der Waals surface area contributed by atoms with Gasteiger partial charge in [0.25, 0.3) is 0 Å². The summed E-state index contributed by atoms with van der Waals surface area (Å²) in [6.45, 7) is 7.44. The van der Waals surface area contributed by atoms with Crippen molar-refractivity contribution >= 4 is 6.03 Å². The Kier molecular flexibility index (Phi) is 6.07. The fourth-order valence-corrected chi connectivity index (χ4v) is 2.41. The van der Waals surface area contributed by atoms with Gasteiger partial charge in [0, 0.05) is 13.2 Å². The topological polar surface area (TPSA) is 59.6 Å². The van der Waals surface area contributed by atoms with Crippen LogP contribution in [0, 0.1) is 0 Å². The Morgan fingerprint density at radius 3 is 2.64 bits per heavy atom. The molecule has 1 aromatic rings. The number of hydrogen-bond donors (Lipinski definition) is 2.